The number of ether oxygens (including phenoxy) is 1. The van der Waals surface area contributed by atoms with Crippen molar-refractivity contribution >= 4 is 5.78 Å². The van der Waals surface area contributed by atoms with Crippen LogP contribution in [0.25, 0.3) is 0 Å². The number of halogens is 7. The van der Waals surface area contributed by atoms with Crippen LogP contribution in [-0.4, -0.2) is 30.4 Å². The smallest absolute Gasteiger partial charge is 0.460 e. The van der Waals surface area contributed by atoms with Gasteiger partial charge in [-0.3, -0.25) is 4.79 Å². The van der Waals surface area contributed by atoms with Crippen molar-refractivity contribution in [2.75, 3.05) is 6.61 Å². The van der Waals surface area contributed by atoms with E-state index in [9.17, 15) is 35.5 Å². The molecule has 0 unspecified atom stereocenters. The Balaban J connectivity index is 3.20. The summed E-state index contributed by atoms with van der Waals surface area (Å²) in [6.07, 6.45) is -6.55. The number of Topliss-reactive ketones (excluding diaryl/α,β-unsaturated/α-hetero) is 1. The van der Waals surface area contributed by atoms with E-state index in [0.717, 1.165) is 6.07 Å². The fourth-order valence-corrected chi connectivity index (χ4v) is 1.40. The van der Waals surface area contributed by atoms with Crippen molar-refractivity contribution < 1.29 is 40.3 Å². The number of alkyl halides is 7. The fraction of sp³-hybridized carbons (Fsp3) is 0.417. The van der Waals surface area contributed by atoms with E-state index in [-0.39, 0.29) is 12.4 Å². The Bertz CT molecular complexity index is 523. The molecular formula is C12H9F7O2. The standard InChI is InChI=1S/C12H9F7O2/c1-2-21-8-5-3-4-7(6-8)9(20)10(13,14)11(15,16)12(17,18)19/h3-6H,2H2,1H3. The van der Waals surface area contributed by atoms with Crippen LogP contribution in [0.15, 0.2) is 24.3 Å². The fourth-order valence-electron chi connectivity index (χ4n) is 1.40. The minimum Gasteiger partial charge on any atom is -0.494 e. The molecule has 0 amide bonds. The maximum Gasteiger partial charge on any atom is 0.460 e. The van der Waals surface area contributed by atoms with Gasteiger partial charge in [0.05, 0.1) is 6.61 Å². The maximum atomic E-state index is 13.2. The highest BCUT2D eigenvalue weighted by Gasteiger charge is 2.76. The van der Waals surface area contributed by atoms with Crippen LogP contribution in [0.1, 0.15) is 17.3 Å². The first-order chi connectivity index (χ1) is 9.45. The molecule has 0 radical (unpaired) electrons. The number of carbonyl (C=O) groups is 1. The van der Waals surface area contributed by atoms with Gasteiger partial charge in [-0.05, 0) is 19.1 Å². The molecule has 0 heterocycles. The van der Waals surface area contributed by atoms with E-state index in [1.807, 2.05) is 0 Å². The molecular weight excluding hydrogens is 309 g/mol. The summed E-state index contributed by atoms with van der Waals surface area (Å²) in [6, 6.07) is 3.64. The zero-order valence-corrected chi connectivity index (χ0v) is 10.5. The van der Waals surface area contributed by atoms with Gasteiger partial charge in [0.1, 0.15) is 5.75 Å². The van der Waals surface area contributed by atoms with Crippen molar-refractivity contribution in [3.8, 4) is 5.75 Å². The average Bonchev–Trinajstić information content (AvgIpc) is 2.37. The molecule has 1 rings (SSSR count). The van der Waals surface area contributed by atoms with E-state index in [1.165, 1.54) is 13.0 Å². The molecule has 1 aromatic rings. The minimum atomic E-state index is -6.55. The lowest BCUT2D eigenvalue weighted by atomic mass is 10.00. The molecule has 21 heavy (non-hydrogen) atoms. The van der Waals surface area contributed by atoms with Gasteiger partial charge in [-0.1, -0.05) is 12.1 Å². The van der Waals surface area contributed by atoms with Gasteiger partial charge in [0.15, 0.2) is 0 Å². The second-order valence-electron chi connectivity index (χ2n) is 3.94. The normalized spacial score (nSPS) is 13.1. The van der Waals surface area contributed by atoms with Crippen LogP contribution in [0, 0.1) is 0 Å². The molecule has 0 aliphatic heterocycles. The molecule has 118 valence electrons. The summed E-state index contributed by atoms with van der Waals surface area (Å²) in [5.74, 6) is -15.1. The van der Waals surface area contributed by atoms with E-state index in [1.54, 1.807) is 0 Å². The van der Waals surface area contributed by atoms with Gasteiger partial charge in [-0.2, -0.15) is 30.7 Å². The van der Waals surface area contributed by atoms with Crippen LogP contribution in [0.3, 0.4) is 0 Å². The number of carbonyl (C=O) groups excluding carboxylic acids is 1. The third kappa shape index (κ3) is 3.11. The summed E-state index contributed by atoms with van der Waals surface area (Å²) in [6.45, 7) is 1.62. The van der Waals surface area contributed by atoms with Crippen molar-refractivity contribution in [1.82, 2.24) is 0 Å². The number of rotatable bonds is 5. The number of ketones is 1. The number of benzene rings is 1. The zero-order chi connectivity index (χ0) is 16.5. The largest absolute Gasteiger partial charge is 0.494 e. The molecule has 0 bridgehead atoms. The molecule has 0 saturated heterocycles. The summed E-state index contributed by atoms with van der Waals surface area (Å²) >= 11 is 0. The second-order valence-corrected chi connectivity index (χ2v) is 3.94. The first-order valence-corrected chi connectivity index (χ1v) is 5.55. The van der Waals surface area contributed by atoms with Crippen molar-refractivity contribution in [2.45, 2.75) is 24.9 Å². The van der Waals surface area contributed by atoms with Crippen LogP contribution in [0.2, 0.25) is 0 Å². The van der Waals surface area contributed by atoms with E-state index in [4.69, 9.17) is 4.74 Å². The molecule has 0 aliphatic carbocycles. The van der Waals surface area contributed by atoms with Crippen molar-refractivity contribution in [2.24, 2.45) is 0 Å². The highest BCUT2D eigenvalue weighted by Crippen LogP contribution is 2.47. The number of hydrogen-bond acceptors (Lipinski definition) is 2. The van der Waals surface area contributed by atoms with Crippen LogP contribution < -0.4 is 4.74 Å². The van der Waals surface area contributed by atoms with Gasteiger partial charge >= 0.3 is 18.0 Å². The SMILES string of the molecule is CCOc1cccc(C(=O)C(F)(F)C(F)(F)C(F)(F)F)c1. The van der Waals surface area contributed by atoms with Gasteiger partial charge in [0, 0.05) is 5.56 Å². The Labute approximate surface area is 114 Å². The monoisotopic (exact) mass is 318 g/mol. The van der Waals surface area contributed by atoms with Crippen LogP contribution >= 0.6 is 0 Å². The Morgan fingerprint density at radius 2 is 1.67 bits per heavy atom. The molecule has 0 spiro atoms. The number of hydrogen-bond donors (Lipinski definition) is 0. The molecule has 9 heteroatoms. The summed E-state index contributed by atoms with van der Waals surface area (Å²) in [7, 11) is 0. The lowest BCUT2D eigenvalue weighted by molar-refractivity contribution is -0.339. The molecule has 0 fully saturated rings. The van der Waals surface area contributed by atoms with Gasteiger partial charge < -0.3 is 4.74 Å². The lowest BCUT2D eigenvalue weighted by Crippen LogP contribution is -2.56. The van der Waals surface area contributed by atoms with Crippen molar-refractivity contribution in [3.63, 3.8) is 0 Å². The highest BCUT2D eigenvalue weighted by molar-refractivity contribution is 6.02. The zero-order valence-electron chi connectivity index (χ0n) is 10.5. The third-order valence-corrected chi connectivity index (χ3v) is 2.44. The van der Waals surface area contributed by atoms with Crippen molar-refractivity contribution in [1.29, 1.82) is 0 Å². The first kappa shape index (κ1) is 17.3. The minimum absolute atomic E-state index is 0.0900. The topological polar surface area (TPSA) is 26.3 Å². The average molecular weight is 318 g/mol. The predicted octanol–water partition coefficient (Wildman–Crippen LogP) is 4.10. The quantitative estimate of drug-likeness (QED) is 0.603. The molecule has 0 N–H and O–H groups in total. The van der Waals surface area contributed by atoms with Crippen LogP contribution in [0.4, 0.5) is 30.7 Å². The van der Waals surface area contributed by atoms with Crippen LogP contribution in [-0.2, 0) is 0 Å². The predicted molar refractivity (Wildman–Crippen MR) is 57.9 cm³/mol. The van der Waals surface area contributed by atoms with E-state index in [2.05, 4.69) is 0 Å². The summed E-state index contributed by atoms with van der Waals surface area (Å²) in [5.41, 5.74) is -1.00. The summed E-state index contributed by atoms with van der Waals surface area (Å²) < 4.78 is 92.8. The second kappa shape index (κ2) is 5.53. The Kier molecular flexibility index (Phi) is 4.54. The third-order valence-electron chi connectivity index (χ3n) is 2.44. The van der Waals surface area contributed by atoms with E-state index >= 15 is 0 Å². The van der Waals surface area contributed by atoms with Crippen LogP contribution in [0.5, 0.6) is 5.75 Å². The molecule has 1 aromatic carbocycles. The summed E-state index contributed by atoms with van der Waals surface area (Å²) in [4.78, 5) is 11.3. The Hall–Kier alpha value is -1.80. The summed E-state index contributed by atoms with van der Waals surface area (Å²) in [5, 5.41) is 0. The van der Waals surface area contributed by atoms with Gasteiger partial charge in [0.2, 0.25) is 5.78 Å². The Morgan fingerprint density at radius 1 is 1.10 bits per heavy atom. The first-order valence-electron chi connectivity index (χ1n) is 5.55. The highest BCUT2D eigenvalue weighted by atomic mass is 19.4. The van der Waals surface area contributed by atoms with Gasteiger partial charge in [-0.15, -0.1) is 0 Å². The lowest BCUT2D eigenvalue weighted by Gasteiger charge is -2.27. The van der Waals surface area contributed by atoms with E-state index < -0.39 is 29.4 Å². The van der Waals surface area contributed by atoms with Gasteiger partial charge in [-0.25, -0.2) is 0 Å². The molecule has 0 aromatic heterocycles. The Morgan fingerprint density at radius 3 is 2.14 bits per heavy atom. The van der Waals surface area contributed by atoms with E-state index in [0.29, 0.717) is 12.1 Å². The maximum absolute atomic E-state index is 13.2. The van der Waals surface area contributed by atoms with Crippen molar-refractivity contribution in [3.05, 3.63) is 29.8 Å². The molecule has 0 saturated carbocycles. The molecule has 2 nitrogen and oxygen atoms in total. The molecule has 0 atom stereocenters. The van der Waals surface area contributed by atoms with Gasteiger partial charge in [0.25, 0.3) is 0 Å². The molecule has 0 aliphatic rings.